The first kappa shape index (κ1) is 15.5. The first-order valence-electron chi connectivity index (χ1n) is 6.40. The van der Waals surface area contributed by atoms with Crippen molar-refractivity contribution in [2.24, 2.45) is 0 Å². The van der Waals surface area contributed by atoms with Gasteiger partial charge in [-0.05, 0) is 17.7 Å². The molecule has 0 aromatic heterocycles. The number of carbonyl (C=O) groups is 1. The molecule has 0 saturated carbocycles. The summed E-state index contributed by atoms with van der Waals surface area (Å²) >= 11 is 3.31. The summed E-state index contributed by atoms with van der Waals surface area (Å²) in [5, 5.41) is 3.13. The van der Waals surface area contributed by atoms with E-state index in [9.17, 15) is 13.2 Å². The van der Waals surface area contributed by atoms with E-state index in [2.05, 4.69) is 21.2 Å². The van der Waals surface area contributed by atoms with Gasteiger partial charge >= 0.3 is 0 Å². The average Bonchev–Trinajstić information content (AvgIpc) is 2.38. The molecule has 0 radical (unpaired) electrons. The number of nitrogens with one attached hydrogen (secondary N) is 1. The minimum Gasteiger partial charge on any atom is -0.339 e. The molecule has 0 unspecified atom stereocenters. The number of benzene rings is 1. The summed E-state index contributed by atoms with van der Waals surface area (Å²) in [6, 6.07) is 7.12. The van der Waals surface area contributed by atoms with Crippen LogP contribution in [0.2, 0.25) is 0 Å². The van der Waals surface area contributed by atoms with Gasteiger partial charge in [-0.2, -0.15) is 0 Å². The van der Waals surface area contributed by atoms with Crippen LogP contribution >= 0.6 is 15.9 Å². The highest BCUT2D eigenvalue weighted by Gasteiger charge is 2.23. The SMILES string of the molecule is O=C(CS(=O)(=O)Cc1cccc(Br)c1)N1CCNCC1. The Morgan fingerprint density at radius 1 is 1.30 bits per heavy atom. The van der Waals surface area contributed by atoms with E-state index in [0.717, 1.165) is 17.6 Å². The number of nitrogens with zero attached hydrogens (tertiary/aromatic N) is 1. The molecule has 0 aliphatic carbocycles. The van der Waals surface area contributed by atoms with Gasteiger partial charge in [-0.15, -0.1) is 0 Å². The molecule has 2 rings (SSSR count). The van der Waals surface area contributed by atoms with Crippen molar-refractivity contribution in [3.05, 3.63) is 34.3 Å². The summed E-state index contributed by atoms with van der Waals surface area (Å²) in [5.41, 5.74) is 0.687. The quantitative estimate of drug-likeness (QED) is 0.862. The Morgan fingerprint density at radius 2 is 2.00 bits per heavy atom. The maximum atomic E-state index is 12.1. The maximum absolute atomic E-state index is 12.1. The van der Waals surface area contributed by atoms with Crippen molar-refractivity contribution in [1.29, 1.82) is 0 Å². The number of amides is 1. The van der Waals surface area contributed by atoms with E-state index in [1.165, 1.54) is 0 Å². The zero-order chi connectivity index (χ0) is 14.6. The summed E-state index contributed by atoms with van der Waals surface area (Å²) in [7, 11) is -3.43. The van der Waals surface area contributed by atoms with Crippen LogP contribution in [0.5, 0.6) is 0 Å². The van der Waals surface area contributed by atoms with Gasteiger partial charge in [-0.1, -0.05) is 28.1 Å². The topological polar surface area (TPSA) is 66.5 Å². The van der Waals surface area contributed by atoms with Crippen molar-refractivity contribution in [3.8, 4) is 0 Å². The van der Waals surface area contributed by atoms with Crippen molar-refractivity contribution in [3.63, 3.8) is 0 Å². The minimum atomic E-state index is -3.43. The summed E-state index contributed by atoms with van der Waals surface area (Å²) in [5.74, 6) is -0.828. The molecule has 20 heavy (non-hydrogen) atoms. The molecule has 1 fully saturated rings. The first-order valence-corrected chi connectivity index (χ1v) is 9.01. The molecule has 1 amide bonds. The molecule has 1 aliphatic rings. The van der Waals surface area contributed by atoms with Crippen LogP contribution in [-0.2, 0) is 20.4 Å². The number of piperazine rings is 1. The average molecular weight is 361 g/mol. The second-order valence-corrected chi connectivity index (χ2v) is 7.77. The molecule has 1 heterocycles. The number of halogens is 1. The highest BCUT2D eigenvalue weighted by atomic mass is 79.9. The van der Waals surface area contributed by atoms with Crippen LogP contribution in [-0.4, -0.2) is 51.2 Å². The Balaban J connectivity index is 1.98. The summed E-state index contributed by atoms with van der Waals surface area (Å²) in [6.07, 6.45) is 0. The number of hydrogen-bond acceptors (Lipinski definition) is 4. The lowest BCUT2D eigenvalue weighted by Crippen LogP contribution is -2.48. The van der Waals surface area contributed by atoms with Crippen LogP contribution in [0.25, 0.3) is 0 Å². The lowest BCUT2D eigenvalue weighted by molar-refractivity contribution is -0.128. The van der Waals surface area contributed by atoms with Crippen LogP contribution in [0, 0.1) is 0 Å². The molecular formula is C13H17BrN2O3S. The fourth-order valence-electron chi connectivity index (χ4n) is 2.13. The third-order valence-corrected chi connectivity index (χ3v) is 5.04. The van der Waals surface area contributed by atoms with E-state index in [1.807, 2.05) is 6.07 Å². The molecule has 110 valence electrons. The van der Waals surface area contributed by atoms with Gasteiger partial charge in [-0.25, -0.2) is 8.42 Å². The Labute approximate surface area is 127 Å². The van der Waals surface area contributed by atoms with Gasteiger partial charge < -0.3 is 10.2 Å². The zero-order valence-electron chi connectivity index (χ0n) is 11.0. The molecular weight excluding hydrogens is 344 g/mol. The molecule has 1 saturated heterocycles. The zero-order valence-corrected chi connectivity index (χ0v) is 13.4. The highest BCUT2D eigenvalue weighted by molar-refractivity contribution is 9.10. The predicted molar refractivity (Wildman–Crippen MR) is 81.1 cm³/mol. The predicted octanol–water partition coefficient (Wildman–Crippen LogP) is 0.796. The minimum absolute atomic E-state index is 0.107. The van der Waals surface area contributed by atoms with Crippen molar-refractivity contribution in [1.82, 2.24) is 10.2 Å². The third-order valence-electron chi connectivity index (χ3n) is 3.09. The standard InChI is InChI=1S/C13H17BrN2O3S/c14-12-3-1-2-11(8-12)9-20(18,19)10-13(17)16-6-4-15-5-7-16/h1-3,8,15H,4-7,9-10H2. The molecule has 0 atom stereocenters. The monoisotopic (exact) mass is 360 g/mol. The molecule has 0 spiro atoms. The molecule has 7 heteroatoms. The van der Waals surface area contributed by atoms with E-state index < -0.39 is 15.6 Å². The van der Waals surface area contributed by atoms with Crippen LogP contribution < -0.4 is 5.32 Å². The lowest BCUT2D eigenvalue weighted by atomic mass is 10.2. The van der Waals surface area contributed by atoms with E-state index in [-0.39, 0.29) is 11.7 Å². The van der Waals surface area contributed by atoms with Crippen LogP contribution in [0.4, 0.5) is 0 Å². The molecule has 1 aliphatic heterocycles. The Hall–Kier alpha value is -0.920. The highest BCUT2D eigenvalue weighted by Crippen LogP contribution is 2.14. The smallest absolute Gasteiger partial charge is 0.237 e. The van der Waals surface area contributed by atoms with Crippen molar-refractivity contribution in [2.75, 3.05) is 31.9 Å². The molecule has 1 N–H and O–H groups in total. The van der Waals surface area contributed by atoms with Crippen molar-refractivity contribution >= 4 is 31.7 Å². The maximum Gasteiger partial charge on any atom is 0.237 e. The van der Waals surface area contributed by atoms with Crippen molar-refractivity contribution < 1.29 is 13.2 Å². The first-order chi connectivity index (χ1) is 9.46. The molecule has 1 aromatic rings. The Bertz CT molecular complexity index is 583. The van der Waals surface area contributed by atoms with Crippen LogP contribution in [0.1, 0.15) is 5.56 Å². The third kappa shape index (κ3) is 4.57. The fourth-order valence-corrected chi connectivity index (χ4v) is 3.92. The molecule has 5 nitrogen and oxygen atoms in total. The largest absolute Gasteiger partial charge is 0.339 e. The van der Waals surface area contributed by atoms with E-state index >= 15 is 0 Å². The van der Waals surface area contributed by atoms with E-state index in [1.54, 1.807) is 23.1 Å². The lowest BCUT2D eigenvalue weighted by Gasteiger charge is -2.27. The Morgan fingerprint density at radius 3 is 2.65 bits per heavy atom. The molecule has 0 bridgehead atoms. The molecule has 1 aromatic carbocycles. The van der Waals surface area contributed by atoms with Gasteiger partial charge in [0.05, 0.1) is 5.75 Å². The van der Waals surface area contributed by atoms with Gasteiger partial charge in [0.15, 0.2) is 9.84 Å². The second kappa shape index (κ2) is 6.69. The fraction of sp³-hybridized carbons (Fsp3) is 0.462. The summed E-state index contributed by atoms with van der Waals surface area (Å²) < 4.78 is 25.0. The number of rotatable bonds is 4. The van der Waals surface area contributed by atoms with Gasteiger partial charge in [0, 0.05) is 30.7 Å². The number of carbonyl (C=O) groups excluding carboxylic acids is 1. The van der Waals surface area contributed by atoms with Crippen LogP contribution in [0.3, 0.4) is 0 Å². The van der Waals surface area contributed by atoms with Gasteiger partial charge in [0.2, 0.25) is 5.91 Å². The number of sulfone groups is 1. The normalized spacial score (nSPS) is 16.1. The second-order valence-electron chi connectivity index (χ2n) is 4.79. The number of hydrogen-bond donors (Lipinski definition) is 1. The van der Waals surface area contributed by atoms with Crippen LogP contribution in [0.15, 0.2) is 28.7 Å². The van der Waals surface area contributed by atoms with Gasteiger partial charge in [0.25, 0.3) is 0 Å². The van der Waals surface area contributed by atoms with E-state index in [0.29, 0.717) is 18.7 Å². The van der Waals surface area contributed by atoms with Crippen molar-refractivity contribution in [2.45, 2.75) is 5.75 Å². The van der Waals surface area contributed by atoms with E-state index in [4.69, 9.17) is 0 Å². The van der Waals surface area contributed by atoms with Gasteiger partial charge in [-0.3, -0.25) is 4.79 Å². The van der Waals surface area contributed by atoms with Gasteiger partial charge in [0.1, 0.15) is 5.75 Å². The Kier molecular flexibility index (Phi) is 5.17. The summed E-state index contributed by atoms with van der Waals surface area (Å²) in [4.78, 5) is 13.6. The summed E-state index contributed by atoms with van der Waals surface area (Å²) in [6.45, 7) is 2.59.